The number of methoxy groups -OCH3 is 1. The van der Waals surface area contributed by atoms with Gasteiger partial charge in [0.2, 0.25) is 5.91 Å². The number of allylic oxidation sites excluding steroid dienone is 1. The van der Waals surface area contributed by atoms with Crippen LogP contribution < -0.4 is 19.5 Å². The molecule has 1 heterocycles. The maximum absolute atomic E-state index is 12.7. The standard InChI is InChI=1S/C30H31NO5/c1-5-34-24-13-9-22(10-14-24)27-19-36-29-17-28(35-6-2)25(16-26(27)29)20(3)15-30(32)31-18-21-7-11-23(33-4)12-8-21/h7-17,19H,5-6,18H2,1-4H3,(H,31,32)/b20-15+. The van der Waals surface area contributed by atoms with Crippen molar-refractivity contribution in [3.8, 4) is 28.4 Å². The van der Waals surface area contributed by atoms with E-state index in [1.165, 1.54) is 0 Å². The Morgan fingerprint density at radius 1 is 0.944 bits per heavy atom. The molecule has 0 saturated heterocycles. The fraction of sp³-hybridized carbons (Fsp3) is 0.233. The van der Waals surface area contributed by atoms with Crippen LogP contribution >= 0.6 is 0 Å². The largest absolute Gasteiger partial charge is 0.497 e. The first-order chi connectivity index (χ1) is 17.5. The topological polar surface area (TPSA) is 69.9 Å². The fourth-order valence-electron chi connectivity index (χ4n) is 4.02. The van der Waals surface area contributed by atoms with Gasteiger partial charge < -0.3 is 23.9 Å². The number of amides is 1. The molecule has 1 aromatic heterocycles. The van der Waals surface area contributed by atoms with E-state index in [2.05, 4.69) is 5.32 Å². The molecule has 1 N–H and O–H groups in total. The van der Waals surface area contributed by atoms with E-state index in [1.807, 2.05) is 81.4 Å². The van der Waals surface area contributed by atoms with Gasteiger partial charge in [0.1, 0.15) is 22.8 Å². The first-order valence-corrected chi connectivity index (χ1v) is 12.0. The van der Waals surface area contributed by atoms with Crippen molar-refractivity contribution >= 4 is 22.4 Å². The summed E-state index contributed by atoms with van der Waals surface area (Å²) in [5, 5.41) is 3.89. The number of nitrogens with one attached hydrogen (secondary N) is 1. The number of hydrogen-bond acceptors (Lipinski definition) is 5. The van der Waals surface area contributed by atoms with Crippen LogP contribution in [-0.4, -0.2) is 26.2 Å². The molecule has 6 heteroatoms. The molecule has 0 fully saturated rings. The molecule has 0 aliphatic carbocycles. The van der Waals surface area contributed by atoms with Crippen molar-refractivity contribution in [2.75, 3.05) is 20.3 Å². The number of benzene rings is 3. The molecular weight excluding hydrogens is 454 g/mol. The van der Waals surface area contributed by atoms with E-state index >= 15 is 0 Å². The van der Waals surface area contributed by atoms with Crippen LogP contribution in [0.5, 0.6) is 17.2 Å². The van der Waals surface area contributed by atoms with Crippen molar-refractivity contribution < 1.29 is 23.4 Å². The van der Waals surface area contributed by atoms with Gasteiger partial charge in [0.05, 0.1) is 26.6 Å². The summed E-state index contributed by atoms with van der Waals surface area (Å²) in [6.07, 6.45) is 3.35. The van der Waals surface area contributed by atoms with Gasteiger partial charge in [-0.05, 0) is 67.8 Å². The lowest BCUT2D eigenvalue weighted by atomic mass is 9.99. The Morgan fingerprint density at radius 2 is 1.64 bits per heavy atom. The zero-order valence-corrected chi connectivity index (χ0v) is 21.1. The molecule has 0 unspecified atom stereocenters. The van der Waals surface area contributed by atoms with Gasteiger partial charge in [0.25, 0.3) is 0 Å². The number of fused-ring (bicyclic) bond motifs is 1. The van der Waals surface area contributed by atoms with Gasteiger partial charge in [-0.3, -0.25) is 4.79 Å². The quantitative estimate of drug-likeness (QED) is 0.256. The summed E-state index contributed by atoms with van der Waals surface area (Å²) in [5.41, 5.74) is 5.34. The van der Waals surface area contributed by atoms with E-state index in [9.17, 15) is 4.79 Å². The molecule has 0 atom stereocenters. The van der Waals surface area contributed by atoms with Crippen LogP contribution in [0.15, 0.2) is 77.4 Å². The Morgan fingerprint density at radius 3 is 2.31 bits per heavy atom. The lowest BCUT2D eigenvalue weighted by molar-refractivity contribution is -0.116. The molecule has 4 aromatic rings. The third-order valence-electron chi connectivity index (χ3n) is 5.85. The average Bonchev–Trinajstić information content (AvgIpc) is 3.31. The maximum atomic E-state index is 12.7. The predicted molar refractivity (Wildman–Crippen MR) is 142 cm³/mol. The van der Waals surface area contributed by atoms with Gasteiger partial charge in [0, 0.05) is 35.2 Å². The fourth-order valence-corrected chi connectivity index (χ4v) is 4.02. The monoisotopic (exact) mass is 485 g/mol. The van der Waals surface area contributed by atoms with E-state index in [1.54, 1.807) is 19.4 Å². The molecule has 0 bridgehead atoms. The zero-order chi connectivity index (χ0) is 25.5. The lowest BCUT2D eigenvalue weighted by Crippen LogP contribution is -2.20. The van der Waals surface area contributed by atoms with Crippen LogP contribution in [0.4, 0.5) is 0 Å². The van der Waals surface area contributed by atoms with E-state index in [4.69, 9.17) is 18.6 Å². The normalized spacial score (nSPS) is 11.4. The minimum absolute atomic E-state index is 0.176. The summed E-state index contributed by atoms with van der Waals surface area (Å²) in [6, 6.07) is 19.4. The summed E-state index contributed by atoms with van der Waals surface area (Å²) >= 11 is 0. The molecule has 4 rings (SSSR count). The number of hydrogen-bond donors (Lipinski definition) is 1. The highest BCUT2D eigenvalue weighted by molar-refractivity contribution is 6.00. The van der Waals surface area contributed by atoms with E-state index in [0.717, 1.165) is 50.3 Å². The number of rotatable bonds is 10. The average molecular weight is 486 g/mol. The maximum Gasteiger partial charge on any atom is 0.244 e. The number of carbonyl (C=O) groups is 1. The molecule has 6 nitrogen and oxygen atoms in total. The van der Waals surface area contributed by atoms with Crippen molar-refractivity contribution in [3.05, 3.63) is 84.1 Å². The van der Waals surface area contributed by atoms with Crippen LogP contribution in [0.2, 0.25) is 0 Å². The SMILES string of the molecule is CCOc1ccc(-c2coc3cc(OCC)c(/C(C)=C/C(=O)NCc4ccc(OC)cc4)cc23)cc1. The highest BCUT2D eigenvalue weighted by Gasteiger charge is 2.15. The van der Waals surface area contributed by atoms with Gasteiger partial charge in [0.15, 0.2) is 0 Å². The zero-order valence-electron chi connectivity index (χ0n) is 21.1. The lowest BCUT2D eigenvalue weighted by Gasteiger charge is -2.12. The smallest absolute Gasteiger partial charge is 0.244 e. The molecule has 1 amide bonds. The number of carbonyl (C=O) groups excluding carboxylic acids is 1. The van der Waals surface area contributed by atoms with Gasteiger partial charge >= 0.3 is 0 Å². The second-order valence-corrected chi connectivity index (χ2v) is 8.28. The number of ether oxygens (including phenoxy) is 3. The Labute approximate surface area is 211 Å². The van der Waals surface area contributed by atoms with Crippen LogP contribution in [0.3, 0.4) is 0 Å². The molecule has 0 aliphatic rings. The van der Waals surface area contributed by atoms with E-state index in [0.29, 0.717) is 25.5 Å². The minimum Gasteiger partial charge on any atom is -0.497 e. The highest BCUT2D eigenvalue weighted by Crippen LogP contribution is 2.38. The van der Waals surface area contributed by atoms with Crippen molar-refractivity contribution in [3.63, 3.8) is 0 Å². The second kappa shape index (κ2) is 11.5. The summed E-state index contributed by atoms with van der Waals surface area (Å²) in [4.78, 5) is 12.7. The highest BCUT2D eigenvalue weighted by atomic mass is 16.5. The number of furan rings is 1. The van der Waals surface area contributed by atoms with Crippen LogP contribution in [0.25, 0.3) is 27.7 Å². The third-order valence-corrected chi connectivity index (χ3v) is 5.85. The molecular formula is C30H31NO5. The second-order valence-electron chi connectivity index (χ2n) is 8.28. The minimum atomic E-state index is -0.176. The van der Waals surface area contributed by atoms with Crippen molar-refractivity contribution in [1.82, 2.24) is 5.32 Å². The van der Waals surface area contributed by atoms with Crippen LogP contribution in [0, 0.1) is 0 Å². The molecule has 3 aromatic carbocycles. The third kappa shape index (κ3) is 5.71. The molecule has 0 spiro atoms. The molecule has 36 heavy (non-hydrogen) atoms. The van der Waals surface area contributed by atoms with E-state index in [-0.39, 0.29) is 5.91 Å². The van der Waals surface area contributed by atoms with Gasteiger partial charge in [-0.15, -0.1) is 0 Å². The Bertz CT molecular complexity index is 1350. The summed E-state index contributed by atoms with van der Waals surface area (Å²) in [7, 11) is 1.63. The Hall–Kier alpha value is -4.19. The first-order valence-electron chi connectivity index (χ1n) is 12.0. The van der Waals surface area contributed by atoms with Gasteiger partial charge in [-0.25, -0.2) is 0 Å². The summed E-state index contributed by atoms with van der Waals surface area (Å²) in [6.45, 7) is 7.35. The van der Waals surface area contributed by atoms with Crippen molar-refractivity contribution in [2.24, 2.45) is 0 Å². The first kappa shape index (κ1) is 24.9. The summed E-state index contributed by atoms with van der Waals surface area (Å²) < 4.78 is 22.5. The van der Waals surface area contributed by atoms with Crippen molar-refractivity contribution in [1.29, 1.82) is 0 Å². The molecule has 0 saturated carbocycles. The van der Waals surface area contributed by atoms with Crippen LogP contribution in [-0.2, 0) is 11.3 Å². The molecule has 186 valence electrons. The molecule has 0 radical (unpaired) electrons. The van der Waals surface area contributed by atoms with Gasteiger partial charge in [-0.2, -0.15) is 0 Å². The van der Waals surface area contributed by atoms with Crippen LogP contribution in [0.1, 0.15) is 31.9 Å². The van der Waals surface area contributed by atoms with Crippen molar-refractivity contribution in [2.45, 2.75) is 27.3 Å². The Balaban J connectivity index is 1.60. The predicted octanol–water partition coefficient (Wildman–Crippen LogP) is 6.63. The Kier molecular flexibility index (Phi) is 7.95. The molecule has 0 aliphatic heterocycles. The van der Waals surface area contributed by atoms with E-state index < -0.39 is 0 Å². The van der Waals surface area contributed by atoms with Gasteiger partial charge in [-0.1, -0.05) is 24.3 Å². The summed E-state index contributed by atoms with van der Waals surface area (Å²) in [5.74, 6) is 2.11.